The highest BCUT2D eigenvalue weighted by Gasteiger charge is 2.11. The van der Waals surface area contributed by atoms with Gasteiger partial charge in [0.2, 0.25) is 0 Å². The molecule has 5 heteroatoms. The number of hydrogen-bond acceptors (Lipinski definition) is 5. The standard InChI is InChI=1S/C8H16O4S/c1-3-12-7(9)5-13-4-6(2)8(10)11/h6,8,10-11H,3-5H2,1-2H3. The van der Waals surface area contributed by atoms with Crippen LogP contribution in [-0.4, -0.2) is 40.6 Å². The predicted octanol–water partition coefficient (Wildman–Crippen LogP) is 0.230. The van der Waals surface area contributed by atoms with Crippen LogP contribution in [0.25, 0.3) is 0 Å². The molecule has 0 aromatic rings. The topological polar surface area (TPSA) is 66.8 Å². The molecule has 78 valence electrons. The molecule has 13 heavy (non-hydrogen) atoms. The Balaban J connectivity index is 3.39. The van der Waals surface area contributed by atoms with Crippen LogP contribution >= 0.6 is 11.8 Å². The summed E-state index contributed by atoms with van der Waals surface area (Å²) in [6.45, 7) is 3.85. The van der Waals surface area contributed by atoms with Crippen molar-refractivity contribution in [1.82, 2.24) is 0 Å². The van der Waals surface area contributed by atoms with Crippen molar-refractivity contribution < 1.29 is 19.7 Å². The maximum atomic E-state index is 10.8. The zero-order valence-electron chi connectivity index (χ0n) is 7.90. The monoisotopic (exact) mass is 208 g/mol. The van der Waals surface area contributed by atoms with Gasteiger partial charge >= 0.3 is 5.97 Å². The highest BCUT2D eigenvalue weighted by Crippen LogP contribution is 2.10. The van der Waals surface area contributed by atoms with Gasteiger partial charge in [-0.2, -0.15) is 0 Å². The van der Waals surface area contributed by atoms with E-state index in [9.17, 15) is 4.79 Å². The van der Waals surface area contributed by atoms with Crippen LogP contribution in [0.1, 0.15) is 13.8 Å². The molecular formula is C8H16O4S. The average molecular weight is 208 g/mol. The zero-order chi connectivity index (χ0) is 10.3. The van der Waals surface area contributed by atoms with Crippen molar-refractivity contribution in [2.45, 2.75) is 20.1 Å². The summed E-state index contributed by atoms with van der Waals surface area (Å²) in [6.07, 6.45) is -1.31. The number of esters is 1. The van der Waals surface area contributed by atoms with Crippen LogP contribution < -0.4 is 0 Å². The highest BCUT2D eigenvalue weighted by molar-refractivity contribution is 7.99. The van der Waals surface area contributed by atoms with Gasteiger partial charge in [-0.3, -0.25) is 4.79 Å². The smallest absolute Gasteiger partial charge is 0.315 e. The van der Waals surface area contributed by atoms with Crippen LogP contribution in [0.3, 0.4) is 0 Å². The van der Waals surface area contributed by atoms with Gasteiger partial charge in [-0.25, -0.2) is 0 Å². The van der Waals surface area contributed by atoms with Crippen LogP contribution in [0.15, 0.2) is 0 Å². The molecule has 0 amide bonds. The third-order valence-electron chi connectivity index (χ3n) is 1.41. The molecule has 0 radical (unpaired) electrons. The second-order valence-electron chi connectivity index (χ2n) is 2.71. The van der Waals surface area contributed by atoms with E-state index in [1.807, 2.05) is 0 Å². The molecule has 4 nitrogen and oxygen atoms in total. The van der Waals surface area contributed by atoms with E-state index in [1.165, 1.54) is 11.8 Å². The fourth-order valence-corrected chi connectivity index (χ4v) is 1.53. The second kappa shape index (κ2) is 7.17. The molecule has 0 spiro atoms. The molecule has 0 saturated heterocycles. The third kappa shape index (κ3) is 6.86. The summed E-state index contributed by atoms with van der Waals surface area (Å²) in [6, 6.07) is 0. The Kier molecular flexibility index (Phi) is 7.03. The van der Waals surface area contributed by atoms with Crippen molar-refractivity contribution in [3.63, 3.8) is 0 Å². The molecule has 0 aliphatic heterocycles. The number of aliphatic hydroxyl groups excluding tert-OH is 1. The first kappa shape index (κ1) is 12.7. The zero-order valence-corrected chi connectivity index (χ0v) is 8.71. The first-order valence-corrected chi connectivity index (χ1v) is 5.32. The van der Waals surface area contributed by atoms with Crippen LogP contribution in [0, 0.1) is 5.92 Å². The maximum Gasteiger partial charge on any atom is 0.315 e. The summed E-state index contributed by atoms with van der Waals surface area (Å²) in [5, 5.41) is 17.4. The Morgan fingerprint density at radius 2 is 2.15 bits per heavy atom. The summed E-state index contributed by atoms with van der Waals surface area (Å²) in [4.78, 5) is 10.8. The largest absolute Gasteiger partial charge is 0.465 e. The number of hydrogen-bond donors (Lipinski definition) is 2. The lowest BCUT2D eigenvalue weighted by atomic mass is 10.2. The van der Waals surface area contributed by atoms with Gasteiger partial charge in [0.1, 0.15) is 0 Å². The third-order valence-corrected chi connectivity index (χ3v) is 2.62. The van der Waals surface area contributed by atoms with Gasteiger partial charge in [-0.05, 0) is 6.92 Å². The summed E-state index contributed by atoms with van der Waals surface area (Å²) in [5.74, 6) is 0.327. The quantitative estimate of drug-likeness (QED) is 0.483. The van der Waals surface area contributed by atoms with E-state index in [0.29, 0.717) is 12.4 Å². The van der Waals surface area contributed by atoms with Gasteiger partial charge in [0.25, 0.3) is 0 Å². The molecule has 0 fully saturated rings. The lowest BCUT2D eigenvalue weighted by Crippen LogP contribution is -2.19. The lowest BCUT2D eigenvalue weighted by molar-refractivity contribution is -0.139. The summed E-state index contributed by atoms with van der Waals surface area (Å²) in [7, 11) is 0. The van der Waals surface area contributed by atoms with Gasteiger partial charge in [0.15, 0.2) is 6.29 Å². The predicted molar refractivity (Wildman–Crippen MR) is 51.3 cm³/mol. The SMILES string of the molecule is CCOC(=O)CSCC(C)C(O)O. The first-order chi connectivity index (χ1) is 6.07. The highest BCUT2D eigenvalue weighted by atomic mass is 32.2. The molecule has 1 atom stereocenters. The van der Waals surface area contributed by atoms with E-state index in [0.717, 1.165) is 0 Å². The number of thioether (sulfide) groups is 1. The number of carbonyl (C=O) groups is 1. The number of rotatable bonds is 6. The molecule has 2 N–H and O–H groups in total. The fourth-order valence-electron chi connectivity index (χ4n) is 0.617. The Morgan fingerprint density at radius 1 is 1.54 bits per heavy atom. The Bertz CT molecular complexity index is 149. The Labute approximate surface area is 82.3 Å². The van der Waals surface area contributed by atoms with Gasteiger partial charge in [0.05, 0.1) is 12.4 Å². The molecule has 0 aliphatic carbocycles. The second-order valence-corrected chi connectivity index (χ2v) is 3.74. The number of carbonyl (C=O) groups excluding carboxylic acids is 1. The molecule has 1 unspecified atom stereocenters. The van der Waals surface area contributed by atoms with E-state index >= 15 is 0 Å². The van der Waals surface area contributed by atoms with E-state index in [1.54, 1.807) is 13.8 Å². The van der Waals surface area contributed by atoms with E-state index in [2.05, 4.69) is 0 Å². The number of aliphatic hydroxyl groups is 2. The molecular weight excluding hydrogens is 192 g/mol. The van der Waals surface area contributed by atoms with Crippen molar-refractivity contribution in [3.8, 4) is 0 Å². The van der Waals surface area contributed by atoms with Crippen LogP contribution in [0.4, 0.5) is 0 Å². The normalized spacial score (nSPS) is 13.0. The van der Waals surface area contributed by atoms with Crippen molar-refractivity contribution in [3.05, 3.63) is 0 Å². The van der Waals surface area contributed by atoms with Gasteiger partial charge in [-0.1, -0.05) is 6.92 Å². The van der Waals surface area contributed by atoms with Gasteiger partial charge < -0.3 is 14.9 Å². The summed E-state index contributed by atoms with van der Waals surface area (Å²) in [5.41, 5.74) is 0. The Morgan fingerprint density at radius 3 is 2.62 bits per heavy atom. The minimum Gasteiger partial charge on any atom is -0.465 e. The van der Waals surface area contributed by atoms with Crippen LogP contribution in [0.2, 0.25) is 0 Å². The summed E-state index contributed by atoms with van der Waals surface area (Å²) < 4.78 is 4.70. The van der Waals surface area contributed by atoms with Crippen LogP contribution in [0.5, 0.6) is 0 Å². The molecule has 0 rings (SSSR count). The fraction of sp³-hybridized carbons (Fsp3) is 0.875. The maximum absolute atomic E-state index is 10.8. The lowest BCUT2D eigenvalue weighted by Gasteiger charge is -2.12. The number of ether oxygens (including phenoxy) is 1. The summed E-state index contributed by atoms with van der Waals surface area (Å²) >= 11 is 1.34. The van der Waals surface area contributed by atoms with Crippen molar-refractivity contribution >= 4 is 17.7 Å². The van der Waals surface area contributed by atoms with Crippen LogP contribution in [-0.2, 0) is 9.53 Å². The van der Waals surface area contributed by atoms with Gasteiger partial charge in [-0.15, -0.1) is 11.8 Å². The van der Waals surface area contributed by atoms with E-state index in [4.69, 9.17) is 14.9 Å². The molecule has 0 heterocycles. The van der Waals surface area contributed by atoms with Gasteiger partial charge in [0, 0.05) is 11.7 Å². The van der Waals surface area contributed by atoms with E-state index in [-0.39, 0.29) is 17.6 Å². The van der Waals surface area contributed by atoms with Crippen molar-refractivity contribution in [2.24, 2.45) is 5.92 Å². The van der Waals surface area contributed by atoms with E-state index < -0.39 is 6.29 Å². The minimum absolute atomic E-state index is 0.223. The minimum atomic E-state index is -1.31. The molecule has 0 aromatic carbocycles. The first-order valence-electron chi connectivity index (χ1n) is 4.17. The Hall–Kier alpha value is -0.260. The molecule has 0 aliphatic rings. The van der Waals surface area contributed by atoms with Crippen molar-refractivity contribution in [1.29, 1.82) is 0 Å². The average Bonchev–Trinajstić information content (AvgIpc) is 2.04. The molecule has 0 saturated carbocycles. The van der Waals surface area contributed by atoms with Crippen molar-refractivity contribution in [2.75, 3.05) is 18.1 Å². The molecule has 0 bridgehead atoms. The molecule has 0 aromatic heterocycles.